The summed E-state index contributed by atoms with van der Waals surface area (Å²) in [5.41, 5.74) is 1.43. The van der Waals surface area contributed by atoms with Gasteiger partial charge in [-0.15, -0.1) is 0 Å². The molecule has 2 aromatic rings. The van der Waals surface area contributed by atoms with Crippen molar-refractivity contribution in [1.29, 1.82) is 0 Å². The molecular formula is C14H12ClN3O. The van der Waals surface area contributed by atoms with Crippen LogP contribution < -0.4 is 5.32 Å². The Morgan fingerprint density at radius 1 is 1.16 bits per heavy atom. The van der Waals surface area contributed by atoms with Crippen LogP contribution in [0.1, 0.15) is 12.8 Å². The molecule has 1 amide bonds. The molecule has 3 rings (SSSR count). The molecule has 0 bridgehead atoms. The van der Waals surface area contributed by atoms with Crippen LogP contribution in [0.4, 0.5) is 5.82 Å². The summed E-state index contributed by atoms with van der Waals surface area (Å²) in [6.45, 7) is 0. The normalized spacial score (nSPS) is 15.0. The number of carbonyl (C=O) groups is 1. The summed E-state index contributed by atoms with van der Waals surface area (Å²) in [5.74, 6) is 0.248. The minimum atomic E-state index is -0.0588. The van der Waals surface area contributed by atoms with Gasteiger partial charge in [-0.25, -0.2) is 9.97 Å². The van der Waals surface area contributed by atoms with E-state index in [0.717, 1.165) is 12.8 Å². The number of aromatic nitrogens is 2. The first-order valence-electron chi connectivity index (χ1n) is 6.12. The molecule has 0 saturated carbocycles. The average molecular weight is 274 g/mol. The minimum Gasteiger partial charge on any atom is -0.308 e. The van der Waals surface area contributed by atoms with E-state index in [-0.39, 0.29) is 17.0 Å². The second kappa shape index (κ2) is 4.97. The molecule has 0 atom stereocenters. The van der Waals surface area contributed by atoms with Crippen LogP contribution in [0.5, 0.6) is 0 Å². The molecule has 1 aromatic heterocycles. The monoisotopic (exact) mass is 273 g/mol. The lowest BCUT2D eigenvalue weighted by atomic mass is 10.1. The predicted molar refractivity (Wildman–Crippen MR) is 75.0 cm³/mol. The lowest BCUT2D eigenvalue weighted by Crippen LogP contribution is -2.21. The molecule has 0 saturated heterocycles. The Labute approximate surface area is 115 Å². The van der Waals surface area contributed by atoms with E-state index >= 15 is 0 Å². The van der Waals surface area contributed by atoms with Crippen molar-refractivity contribution in [1.82, 2.24) is 9.97 Å². The lowest BCUT2D eigenvalue weighted by molar-refractivity contribution is -0.119. The van der Waals surface area contributed by atoms with Crippen LogP contribution in [0.15, 0.2) is 36.4 Å². The molecule has 96 valence electrons. The van der Waals surface area contributed by atoms with E-state index in [4.69, 9.17) is 11.6 Å². The summed E-state index contributed by atoms with van der Waals surface area (Å²) in [4.78, 5) is 20.6. The van der Waals surface area contributed by atoms with Gasteiger partial charge in [-0.1, -0.05) is 35.9 Å². The Hall–Kier alpha value is -1.94. The van der Waals surface area contributed by atoms with Crippen molar-refractivity contribution in [3.8, 4) is 0 Å². The standard InChI is InChI=1S/C14H12ClN3O/c15-12-13(18-14(19)9-5-1-2-6-9)17-11-8-4-3-7-10(11)16-12/h1-4,7-9H,5-6H2,(H,17,18,19). The molecular weight excluding hydrogens is 262 g/mol. The van der Waals surface area contributed by atoms with Crippen molar-refractivity contribution in [2.75, 3.05) is 5.32 Å². The van der Waals surface area contributed by atoms with Gasteiger partial charge in [0.1, 0.15) is 0 Å². The number of para-hydroxylation sites is 2. The number of amides is 1. The maximum Gasteiger partial charge on any atom is 0.229 e. The van der Waals surface area contributed by atoms with Crippen LogP contribution >= 0.6 is 11.6 Å². The topological polar surface area (TPSA) is 54.9 Å². The highest BCUT2D eigenvalue weighted by Crippen LogP contribution is 2.24. The Bertz CT molecular complexity index is 661. The molecule has 0 fully saturated rings. The molecule has 5 heteroatoms. The van der Waals surface area contributed by atoms with E-state index in [1.165, 1.54) is 0 Å². The van der Waals surface area contributed by atoms with E-state index in [9.17, 15) is 4.79 Å². The fourth-order valence-electron chi connectivity index (χ4n) is 2.11. The maximum atomic E-state index is 12.0. The van der Waals surface area contributed by atoms with Gasteiger partial charge in [-0.2, -0.15) is 0 Å². The van der Waals surface area contributed by atoms with Gasteiger partial charge in [0.15, 0.2) is 11.0 Å². The van der Waals surface area contributed by atoms with Crippen LogP contribution in [0, 0.1) is 5.92 Å². The highest BCUT2D eigenvalue weighted by atomic mass is 35.5. The summed E-state index contributed by atoms with van der Waals surface area (Å²) >= 11 is 6.05. The van der Waals surface area contributed by atoms with Gasteiger partial charge in [0.25, 0.3) is 0 Å². The number of hydrogen-bond acceptors (Lipinski definition) is 3. The molecule has 1 aromatic carbocycles. The second-order valence-corrected chi connectivity index (χ2v) is 4.84. The lowest BCUT2D eigenvalue weighted by Gasteiger charge is -2.11. The minimum absolute atomic E-state index is 0.0238. The smallest absolute Gasteiger partial charge is 0.229 e. The first-order chi connectivity index (χ1) is 9.24. The van der Waals surface area contributed by atoms with Crippen LogP contribution in [-0.2, 0) is 4.79 Å². The Balaban J connectivity index is 1.87. The maximum absolute atomic E-state index is 12.0. The van der Waals surface area contributed by atoms with E-state index in [0.29, 0.717) is 16.9 Å². The number of nitrogens with zero attached hydrogens (tertiary/aromatic N) is 2. The Kier molecular flexibility index (Phi) is 3.17. The molecule has 19 heavy (non-hydrogen) atoms. The quantitative estimate of drug-likeness (QED) is 0.855. The second-order valence-electron chi connectivity index (χ2n) is 4.48. The number of carbonyl (C=O) groups excluding carboxylic acids is 1. The SMILES string of the molecule is O=C(Nc1nc2ccccc2nc1Cl)C1CC=CC1. The number of nitrogens with one attached hydrogen (secondary N) is 1. The number of halogens is 1. The van der Waals surface area contributed by atoms with Crippen LogP contribution in [0.3, 0.4) is 0 Å². The van der Waals surface area contributed by atoms with Crippen LogP contribution in [-0.4, -0.2) is 15.9 Å². The van der Waals surface area contributed by atoms with Crippen molar-refractivity contribution in [2.45, 2.75) is 12.8 Å². The van der Waals surface area contributed by atoms with Crippen LogP contribution in [0.2, 0.25) is 5.15 Å². The summed E-state index contributed by atoms with van der Waals surface area (Å²) in [6, 6.07) is 7.42. The zero-order chi connectivity index (χ0) is 13.2. The van der Waals surface area contributed by atoms with Gasteiger partial charge < -0.3 is 5.32 Å². The van der Waals surface area contributed by atoms with Gasteiger partial charge in [0, 0.05) is 5.92 Å². The molecule has 1 heterocycles. The third kappa shape index (κ3) is 2.44. The zero-order valence-electron chi connectivity index (χ0n) is 10.1. The number of allylic oxidation sites excluding steroid dienone is 2. The first-order valence-corrected chi connectivity index (χ1v) is 6.50. The fourth-order valence-corrected chi connectivity index (χ4v) is 2.29. The van der Waals surface area contributed by atoms with Gasteiger partial charge in [-0.05, 0) is 25.0 Å². The van der Waals surface area contributed by atoms with E-state index in [1.807, 2.05) is 36.4 Å². The third-order valence-electron chi connectivity index (χ3n) is 3.15. The zero-order valence-corrected chi connectivity index (χ0v) is 10.9. The Morgan fingerprint density at radius 2 is 1.79 bits per heavy atom. The summed E-state index contributed by atoms with van der Waals surface area (Å²) in [6.07, 6.45) is 5.56. The van der Waals surface area contributed by atoms with Crippen molar-refractivity contribution in [2.24, 2.45) is 5.92 Å². The molecule has 1 N–H and O–H groups in total. The largest absolute Gasteiger partial charge is 0.308 e. The number of hydrogen-bond donors (Lipinski definition) is 1. The van der Waals surface area contributed by atoms with Gasteiger partial charge >= 0.3 is 0 Å². The summed E-state index contributed by atoms with van der Waals surface area (Å²) in [5, 5.41) is 2.98. The first kappa shape index (κ1) is 12.1. The number of rotatable bonds is 2. The molecule has 0 unspecified atom stereocenters. The molecule has 1 aliphatic rings. The van der Waals surface area contributed by atoms with E-state index < -0.39 is 0 Å². The molecule has 4 nitrogen and oxygen atoms in total. The molecule has 0 aliphatic heterocycles. The van der Waals surface area contributed by atoms with Gasteiger partial charge in [0.05, 0.1) is 11.0 Å². The van der Waals surface area contributed by atoms with Crippen molar-refractivity contribution >= 4 is 34.4 Å². The van der Waals surface area contributed by atoms with Crippen molar-refractivity contribution in [3.05, 3.63) is 41.6 Å². The number of benzene rings is 1. The molecule has 0 spiro atoms. The van der Waals surface area contributed by atoms with E-state index in [1.54, 1.807) is 0 Å². The molecule has 0 radical (unpaired) electrons. The fraction of sp³-hybridized carbons (Fsp3) is 0.214. The van der Waals surface area contributed by atoms with Gasteiger partial charge in [-0.3, -0.25) is 4.79 Å². The van der Waals surface area contributed by atoms with Crippen molar-refractivity contribution < 1.29 is 4.79 Å². The highest BCUT2D eigenvalue weighted by molar-refractivity contribution is 6.32. The van der Waals surface area contributed by atoms with E-state index in [2.05, 4.69) is 15.3 Å². The number of fused-ring (bicyclic) bond motifs is 1. The third-order valence-corrected chi connectivity index (χ3v) is 3.41. The number of anilines is 1. The summed E-state index contributed by atoms with van der Waals surface area (Å²) in [7, 11) is 0. The van der Waals surface area contributed by atoms with Crippen molar-refractivity contribution in [3.63, 3.8) is 0 Å². The Morgan fingerprint density at radius 3 is 2.47 bits per heavy atom. The average Bonchev–Trinajstić information content (AvgIpc) is 2.93. The highest BCUT2D eigenvalue weighted by Gasteiger charge is 2.20. The predicted octanol–water partition coefficient (Wildman–Crippen LogP) is 3.19. The van der Waals surface area contributed by atoms with Crippen LogP contribution in [0.25, 0.3) is 11.0 Å². The summed E-state index contributed by atoms with van der Waals surface area (Å²) < 4.78 is 0. The van der Waals surface area contributed by atoms with Gasteiger partial charge in [0.2, 0.25) is 5.91 Å². The molecule has 1 aliphatic carbocycles.